The molecule has 97 heavy (non-hydrogen) atoms. The number of carbonyl (C=O) groups excluding carboxylic acids is 4. The third-order valence-electron chi connectivity index (χ3n) is 16.2. The molecule has 5 aliphatic heterocycles. The summed E-state index contributed by atoms with van der Waals surface area (Å²) in [5.41, 5.74) is 4.07. The van der Waals surface area contributed by atoms with Crippen LogP contribution >= 0.6 is 107 Å². The SMILES string of the molecule is C.CC(C)(C)OC(=O)N1CCNC(C)(c2ccc(Br)cc2)C1.CC(C)(C)OC(=O)OC(=O)OC(C)(C)C.CC1(c2ccc(Br)cc2)CNCCN1.CC1(c2ccc(Br)cc2)NCCNC1=O.C[C@@]1(c2ccc(Br)cc2)CCCCN1.C[C@]1(c2ccc(Br)cc2)CCCCN1.P.PP. The number of hydrogen-bond donors (Lipinski definition) is 7. The highest BCUT2D eigenvalue weighted by Gasteiger charge is 2.38. The second-order valence-corrected chi connectivity index (χ2v) is 32.5. The van der Waals surface area contributed by atoms with Gasteiger partial charge in [0.1, 0.15) is 22.3 Å². The van der Waals surface area contributed by atoms with Crippen LogP contribution in [0, 0.1) is 0 Å². The second kappa shape index (κ2) is 42.0. The molecule has 5 aromatic rings. The first kappa shape index (κ1) is 90.1. The van der Waals surface area contributed by atoms with Crippen molar-refractivity contribution in [3.05, 3.63) is 172 Å². The molecule has 6 unspecified atom stereocenters. The van der Waals surface area contributed by atoms with E-state index in [0.29, 0.717) is 19.6 Å². The van der Waals surface area contributed by atoms with Gasteiger partial charge in [-0.3, -0.25) is 10.1 Å². The van der Waals surface area contributed by atoms with Crippen LogP contribution in [0.1, 0.15) is 171 Å². The fourth-order valence-corrected chi connectivity index (χ4v) is 12.3. The molecule has 0 aromatic heterocycles. The molecule has 0 spiro atoms. The van der Waals surface area contributed by atoms with E-state index in [-0.39, 0.29) is 51.5 Å². The van der Waals surface area contributed by atoms with Crippen molar-refractivity contribution in [2.75, 3.05) is 65.4 Å². The zero-order valence-electron chi connectivity index (χ0n) is 58.8. The molecule has 0 saturated carbocycles. The Bertz CT molecular complexity index is 2960. The first-order valence-electron chi connectivity index (χ1n) is 32.4. The minimum absolute atomic E-state index is 0. The summed E-state index contributed by atoms with van der Waals surface area (Å²) in [7, 11) is 4.67. The number of piperazine rings is 3. The van der Waals surface area contributed by atoms with Crippen LogP contribution in [0.2, 0.25) is 0 Å². The highest BCUT2D eigenvalue weighted by atomic mass is 79.9. The van der Waals surface area contributed by atoms with Gasteiger partial charge in [0.05, 0.1) is 11.1 Å². The summed E-state index contributed by atoms with van der Waals surface area (Å²) in [5, 5.41) is 23.8. The molecule has 5 heterocycles. The molecule has 0 aliphatic carbocycles. The standard InChI is InChI=1S/C16H23BrN2O2.2C12H16BrN.C11H13BrN2O.C11H15BrN2.C10H18O5.CH4.H4P2.H3P/c1-15(2,3)21-14(20)19-10-9-18-16(4,11-19)12-5-7-13(17)8-6-12;2*1-12(8-2-3-9-14-12)10-4-6-11(13)7-5-10;1-11(10(15)13-6-7-14-11)8-2-4-9(12)5-3-8;1-11(8-13-6-7-14-11)9-2-4-10(12)5-3-9;1-9(2,3)14-7(11)13-8(12)15-10(4,5)6;;1-2;/h5-8,18H,9-11H2,1-4H3;2*4-7,14H,2-3,8-9H2,1H3;2-5,14H,6-7H2,1H3,(H,13,15);2-5,13-14H,6-8H2,1H3;1-6H3;1H4;1-2H2;1H3/t;2*12-;;;;;;/m.10....../s1. The number of nitrogens with one attached hydrogen (secondary N) is 7. The molecule has 5 saturated heterocycles. The summed E-state index contributed by atoms with van der Waals surface area (Å²) in [4.78, 5) is 47.9. The maximum atomic E-state index is 12.3. The Morgan fingerprint density at radius 2 is 0.763 bits per heavy atom. The summed E-state index contributed by atoms with van der Waals surface area (Å²) in [6, 6.07) is 41.9. The second-order valence-electron chi connectivity index (χ2n) is 27.9. The fraction of sp³-hybridized carbons (Fsp3) is 0.534. The Kier molecular flexibility index (Phi) is 39.0. The van der Waals surface area contributed by atoms with Crippen LogP contribution in [0.4, 0.5) is 14.4 Å². The van der Waals surface area contributed by atoms with E-state index in [1.54, 1.807) is 46.4 Å². The zero-order valence-corrected chi connectivity index (χ0v) is 70.5. The zero-order chi connectivity index (χ0) is 70.9. The predicted octanol–water partition coefficient (Wildman–Crippen LogP) is 17.8. The van der Waals surface area contributed by atoms with Crippen LogP contribution in [0.3, 0.4) is 0 Å². The van der Waals surface area contributed by atoms with Crippen LogP contribution in [0.25, 0.3) is 0 Å². The highest BCUT2D eigenvalue weighted by Crippen LogP contribution is 2.33. The van der Waals surface area contributed by atoms with Crippen LogP contribution in [-0.2, 0) is 51.4 Å². The Balaban J connectivity index is 0.000000395. The molecule has 542 valence electrons. The third-order valence-corrected chi connectivity index (χ3v) is 18.9. The van der Waals surface area contributed by atoms with Crippen molar-refractivity contribution in [3.8, 4) is 0 Å². The van der Waals surface area contributed by atoms with E-state index in [1.807, 2.05) is 64.1 Å². The van der Waals surface area contributed by atoms with Crippen LogP contribution in [0.15, 0.2) is 144 Å². The number of benzene rings is 5. The van der Waals surface area contributed by atoms with E-state index >= 15 is 0 Å². The molecule has 10 rings (SSSR count). The lowest BCUT2D eigenvalue weighted by molar-refractivity contribution is -0.129. The molecule has 7 N–H and O–H groups in total. The van der Waals surface area contributed by atoms with Gasteiger partial charge in [-0.2, -0.15) is 9.90 Å². The smallest absolute Gasteiger partial charge is 0.444 e. The third kappa shape index (κ3) is 31.7. The predicted molar refractivity (Wildman–Crippen MR) is 430 cm³/mol. The fourth-order valence-electron chi connectivity index (χ4n) is 10.9. The maximum Gasteiger partial charge on any atom is 0.519 e. The number of amides is 2. The Hall–Kier alpha value is -2.97. The van der Waals surface area contributed by atoms with Gasteiger partial charge < -0.3 is 55.7 Å². The first-order chi connectivity index (χ1) is 44.4. The summed E-state index contributed by atoms with van der Waals surface area (Å²) in [6.07, 6.45) is 5.42. The molecule has 2 amide bonds. The molecular formula is C73H112Br5N8O8P3. The lowest BCUT2D eigenvalue weighted by Crippen LogP contribution is -2.59. The maximum absolute atomic E-state index is 12.3. The normalized spacial score (nSPS) is 22.9. The van der Waals surface area contributed by atoms with Crippen molar-refractivity contribution in [2.24, 2.45) is 0 Å². The van der Waals surface area contributed by atoms with E-state index in [4.69, 9.17) is 14.2 Å². The van der Waals surface area contributed by atoms with Crippen molar-refractivity contribution >= 4 is 132 Å². The van der Waals surface area contributed by atoms with Gasteiger partial charge in [0.2, 0.25) is 5.91 Å². The van der Waals surface area contributed by atoms with Crippen molar-refractivity contribution in [3.63, 3.8) is 0 Å². The van der Waals surface area contributed by atoms with Crippen LogP contribution < -0.4 is 37.2 Å². The van der Waals surface area contributed by atoms with Gasteiger partial charge >= 0.3 is 18.4 Å². The van der Waals surface area contributed by atoms with Gasteiger partial charge in [0, 0.05) is 85.8 Å². The molecule has 0 bridgehead atoms. The first-order valence-corrected chi connectivity index (χ1v) is 39.1. The molecule has 8 atom stereocenters. The highest BCUT2D eigenvalue weighted by molar-refractivity contribution is 9.11. The van der Waals surface area contributed by atoms with Crippen LogP contribution in [-0.4, -0.2) is 111 Å². The van der Waals surface area contributed by atoms with E-state index in [2.05, 4.69) is 252 Å². The minimum atomic E-state index is -1.06. The lowest BCUT2D eigenvalue weighted by Gasteiger charge is -2.42. The van der Waals surface area contributed by atoms with Gasteiger partial charge in [-0.15, -0.1) is 17.9 Å². The Morgan fingerprint density at radius 1 is 0.433 bits per heavy atom. The summed E-state index contributed by atoms with van der Waals surface area (Å²) in [5.74, 6) is 0.0380. The minimum Gasteiger partial charge on any atom is -0.444 e. The lowest BCUT2D eigenvalue weighted by atomic mass is 9.84. The van der Waals surface area contributed by atoms with Crippen molar-refractivity contribution in [1.29, 1.82) is 0 Å². The van der Waals surface area contributed by atoms with Gasteiger partial charge in [-0.1, -0.05) is 161 Å². The van der Waals surface area contributed by atoms with E-state index in [1.165, 1.54) is 60.8 Å². The van der Waals surface area contributed by atoms with E-state index in [0.717, 1.165) is 73.7 Å². The molecule has 24 heteroatoms. The molecule has 5 aliphatic rings. The molecule has 16 nitrogen and oxygen atoms in total. The number of hydrogen-bond acceptors (Lipinski definition) is 14. The average molecular weight is 1720 g/mol. The summed E-state index contributed by atoms with van der Waals surface area (Å²) >= 11 is 17.2. The Labute approximate surface area is 631 Å². The number of piperidine rings is 2. The quantitative estimate of drug-likeness (QED) is 0.0380. The van der Waals surface area contributed by atoms with Gasteiger partial charge in [0.15, 0.2) is 0 Å². The number of ether oxygens (including phenoxy) is 4. The van der Waals surface area contributed by atoms with Crippen molar-refractivity contribution < 1.29 is 38.1 Å². The molecular weight excluding hydrogens is 1610 g/mol. The number of halogens is 5. The van der Waals surface area contributed by atoms with Gasteiger partial charge in [-0.25, -0.2) is 14.4 Å². The van der Waals surface area contributed by atoms with Crippen molar-refractivity contribution in [1.82, 2.24) is 42.1 Å². The summed E-state index contributed by atoms with van der Waals surface area (Å²) < 4.78 is 24.8. The Morgan fingerprint density at radius 3 is 1.09 bits per heavy atom. The molecule has 0 radical (unpaired) electrons. The topological polar surface area (TPSA) is 193 Å². The average Bonchev–Trinajstić information content (AvgIpc) is 0.826. The number of carbonyl (C=O) groups is 4. The number of rotatable bonds is 5. The molecule has 5 fully saturated rings. The van der Waals surface area contributed by atoms with Crippen LogP contribution in [0.5, 0.6) is 0 Å². The van der Waals surface area contributed by atoms with Gasteiger partial charge in [-0.05, 0) is 224 Å². The van der Waals surface area contributed by atoms with Crippen molar-refractivity contribution in [2.45, 2.75) is 187 Å². The summed E-state index contributed by atoms with van der Waals surface area (Å²) in [6.45, 7) is 35.5. The largest absolute Gasteiger partial charge is 0.519 e. The number of nitrogens with zero attached hydrogens (tertiary/aromatic N) is 1. The van der Waals surface area contributed by atoms with Gasteiger partial charge in [0.25, 0.3) is 0 Å². The van der Waals surface area contributed by atoms with E-state index in [9.17, 15) is 19.2 Å². The monoisotopic (exact) mass is 1720 g/mol. The van der Waals surface area contributed by atoms with E-state index < -0.39 is 34.7 Å². The molecule has 5 aromatic carbocycles.